The third kappa shape index (κ3) is 5.24. The fraction of sp³-hybridized carbons (Fsp3) is 0.115. The zero-order valence-electron chi connectivity index (χ0n) is 31.0. The lowest BCUT2D eigenvalue weighted by Gasteiger charge is -2.29. The fourth-order valence-corrected chi connectivity index (χ4v) is 8.99. The second kappa shape index (κ2) is 12.6. The number of rotatable bonds is 6. The van der Waals surface area contributed by atoms with E-state index in [4.69, 9.17) is 0 Å². The molecule has 2 aliphatic carbocycles. The van der Waals surface area contributed by atoms with Gasteiger partial charge in [-0.15, -0.1) is 0 Å². The molecule has 1 aromatic heterocycles. The number of anilines is 3. The van der Waals surface area contributed by atoms with E-state index in [9.17, 15) is 0 Å². The molecule has 54 heavy (non-hydrogen) atoms. The molecule has 1 heterocycles. The van der Waals surface area contributed by atoms with E-state index in [2.05, 4.69) is 212 Å². The second-order valence-electron chi connectivity index (χ2n) is 15.5. The van der Waals surface area contributed by atoms with Gasteiger partial charge in [-0.3, -0.25) is 0 Å². The van der Waals surface area contributed by atoms with Gasteiger partial charge in [-0.2, -0.15) is 0 Å². The molecule has 0 saturated heterocycles. The van der Waals surface area contributed by atoms with Crippen LogP contribution in [-0.4, -0.2) is 4.57 Å². The third-order valence-electron chi connectivity index (χ3n) is 11.8. The van der Waals surface area contributed by atoms with Crippen LogP contribution in [0.1, 0.15) is 38.3 Å². The minimum Gasteiger partial charge on any atom is -0.310 e. The van der Waals surface area contributed by atoms with Crippen molar-refractivity contribution in [1.82, 2.24) is 4.57 Å². The summed E-state index contributed by atoms with van der Waals surface area (Å²) in [6, 6.07) is 62.2. The number of para-hydroxylation sites is 2. The highest BCUT2D eigenvalue weighted by Gasteiger charge is 2.38. The van der Waals surface area contributed by atoms with Gasteiger partial charge >= 0.3 is 0 Å². The van der Waals surface area contributed by atoms with Gasteiger partial charge in [0.05, 0.1) is 11.0 Å². The largest absolute Gasteiger partial charge is 0.310 e. The van der Waals surface area contributed by atoms with Gasteiger partial charge in [-0.25, -0.2) is 0 Å². The molecule has 8 aromatic rings. The molecule has 0 unspecified atom stereocenters. The maximum Gasteiger partial charge on any atom is 0.0541 e. The molecule has 2 nitrogen and oxygen atoms in total. The Labute approximate surface area is 318 Å². The number of aromatic nitrogens is 1. The second-order valence-corrected chi connectivity index (χ2v) is 15.5. The molecule has 0 spiro atoms. The first-order valence-corrected chi connectivity index (χ1v) is 19.2. The minimum atomic E-state index is -0.0308. The average Bonchev–Trinajstić information content (AvgIpc) is 3.66. The number of allylic oxidation sites excluding steroid dienone is 4. The van der Waals surface area contributed by atoms with Crippen molar-refractivity contribution in [2.45, 2.75) is 32.6 Å². The van der Waals surface area contributed by atoms with Crippen LogP contribution in [-0.2, 0) is 5.41 Å². The molecule has 0 fully saturated rings. The van der Waals surface area contributed by atoms with Gasteiger partial charge in [-0.05, 0) is 124 Å². The predicted molar refractivity (Wildman–Crippen MR) is 229 cm³/mol. The lowest BCUT2D eigenvalue weighted by atomic mass is 9.79. The molecule has 10 rings (SSSR count). The van der Waals surface area contributed by atoms with E-state index in [-0.39, 0.29) is 5.41 Å². The summed E-state index contributed by atoms with van der Waals surface area (Å²) in [5.74, 6) is 0.571. The lowest BCUT2D eigenvalue weighted by Crippen LogP contribution is -2.18. The number of fused-ring (bicyclic) bond motifs is 5. The van der Waals surface area contributed by atoms with Crippen LogP contribution in [0.5, 0.6) is 0 Å². The van der Waals surface area contributed by atoms with E-state index < -0.39 is 0 Å². The van der Waals surface area contributed by atoms with Crippen LogP contribution >= 0.6 is 0 Å². The summed E-state index contributed by atoms with van der Waals surface area (Å²) in [5.41, 5.74) is 17.7. The van der Waals surface area contributed by atoms with Crippen molar-refractivity contribution in [2.24, 2.45) is 5.92 Å². The van der Waals surface area contributed by atoms with E-state index in [1.807, 2.05) is 0 Å². The monoisotopic (exact) mass is 694 g/mol. The minimum absolute atomic E-state index is 0.0308. The maximum absolute atomic E-state index is 2.44. The Morgan fingerprint density at radius 3 is 1.91 bits per heavy atom. The summed E-state index contributed by atoms with van der Waals surface area (Å²) in [6.45, 7) is 7.09. The molecule has 0 bridgehead atoms. The van der Waals surface area contributed by atoms with Crippen LogP contribution in [0.15, 0.2) is 188 Å². The highest BCUT2D eigenvalue weighted by atomic mass is 15.1. The van der Waals surface area contributed by atoms with Gasteiger partial charge in [0.2, 0.25) is 0 Å². The lowest BCUT2D eigenvalue weighted by molar-refractivity contribution is 0.643. The van der Waals surface area contributed by atoms with Crippen molar-refractivity contribution < 1.29 is 0 Å². The summed E-state index contributed by atoms with van der Waals surface area (Å²) in [6.07, 6.45) is 5.88. The Bertz CT molecular complexity index is 2750. The zero-order chi connectivity index (χ0) is 36.4. The molecular formula is C52H42N2. The van der Waals surface area contributed by atoms with Gasteiger partial charge in [0.15, 0.2) is 0 Å². The van der Waals surface area contributed by atoms with E-state index in [0.717, 1.165) is 23.5 Å². The first-order chi connectivity index (χ1) is 26.4. The summed E-state index contributed by atoms with van der Waals surface area (Å²) >= 11 is 0. The van der Waals surface area contributed by atoms with E-state index in [1.54, 1.807) is 0 Å². The molecule has 2 heteroatoms. The SMILES string of the molecule is C[C@@H]1C=CC2=C(C1)c1ccc(N(c3ccccc3)c3ccc(-c4ccc5c(c4)c4ccccc4n5-c4ccc(-c5ccccc5)cc4)cc3)cc1C2(C)C. The number of nitrogens with zero attached hydrogens (tertiary/aromatic N) is 2. The smallest absolute Gasteiger partial charge is 0.0541 e. The third-order valence-corrected chi connectivity index (χ3v) is 11.8. The van der Waals surface area contributed by atoms with Crippen LogP contribution < -0.4 is 4.90 Å². The molecular weight excluding hydrogens is 653 g/mol. The van der Waals surface area contributed by atoms with Crippen molar-refractivity contribution in [3.8, 4) is 27.9 Å². The first kappa shape index (κ1) is 32.3. The molecule has 0 saturated carbocycles. The van der Waals surface area contributed by atoms with Crippen LogP contribution in [0.25, 0.3) is 55.3 Å². The Balaban J connectivity index is 1.02. The molecule has 0 amide bonds. The molecule has 260 valence electrons. The topological polar surface area (TPSA) is 8.17 Å². The highest BCUT2D eigenvalue weighted by molar-refractivity contribution is 6.10. The highest BCUT2D eigenvalue weighted by Crippen LogP contribution is 2.52. The quantitative estimate of drug-likeness (QED) is 0.168. The normalized spacial score (nSPS) is 15.8. The molecule has 0 radical (unpaired) electrons. The van der Waals surface area contributed by atoms with Crippen molar-refractivity contribution in [3.63, 3.8) is 0 Å². The van der Waals surface area contributed by atoms with Crippen LogP contribution in [0.2, 0.25) is 0 Å². The molecule has 0 N–H and O–H groups in total. The zero-order valence-corrected chi connectivity index (χ0v) is 31.0. The number of benzene rings is 7. The van der Waals surface area contributed by atoms with Gasteiger partial charge in [0, 0.05) is 38.9 Å². The van der Waals surface area contributed by atoms with Crippen molar-refractivity contribution in [3.05, 3.63) is 199 Å². The van der Waals surface area contributed by atoms with E-state index >= 15 is 0 Å². The summed E-state index contributed by atoms with van der Waals surface area (Å²) in [5, 5.41) is 2.51. The summed E-state index contributed by atoms with van der Waals surface area (Å²) in [7, 11) is 0. The Morgan fingerprint density at radius 2 is 1.13 bits per heavy atom. The molecule has 1 atom stereocenters. The Hall–Kier alpha value is -6.38. The van der Waals surface area contributed by atoms with Gasteiger partial charge in [-0.1, -0.05) is 136 Å². The van der Waals surface area contributed by atoms with Gasteiger partial charge in [0.1, 0.15) is 0 Å². The number of hydrogen-bond acceptors (Lipinski definition) is 1. The van der Waals surface area contributed by atoms with E-state index in [0.29, 0.717) is 5.92 Å². The molecule has 0 aliphatic heterocycles. The van der Waals surface area contributed by atoms with Crippen LogP contribution in [0, 0.1) is 5.92 Å². The van der Waals surface area contributed by atoms with Crippen molar-refractivity contribution in [2.75, 3.05) is 4.90 Å². The maximum atomic E-state index is 2.44. The van der Waals surface area contributed by atoms with Gasteiger partial charge in [0.25, 0.3) is 0 Å². The Kier molecular flexibility index (Phi) is 7.56. The first-order valence-electron chi connectivity index (χ1n) is 19.2. The van der Waals surface area contributed by atoms with E-state index in [1.165, 1.54) is 72.0 Å². The standard InChI is InChI=1S/C52H42N2/c1-35-18-30-48-46(32-35)44-29-28-43(34-49(44)52(48,2)3)53(40-14-8-5-9-15-40)41-24-21-38(22-25-41)39-23-31-51-47(33-39)45-16-10-11-17-50(45)54(51)42-26-19-37(20-27-42)36-12-6-4-7-13-36/h4-31,33-35H,32H2,1-3H3/t35-/m1/s1. The fourth-order valence-electron chi connectivity index (χ4n) is 8.99. The van der Waals surface area contributed by atoms with Crippen molar-refractivity contribution in [1.29, 1.82) is 0 Å². The van der Waals surface area contributed by atoms with Gasteiger partial charge < -0.3 is 9.47 Å². The van der Waals surface area contributed by atoms with Crippen LogP contribution in [0.4, 0.5) is 17.1 Å². The average molecular weight is 695 g/mol. The summed E-state index contributed by atoms with van der Waals surface area (Å²) < 4.78 is 2.39. The number of hydrogen-bond donors (Lipinski definition) is 0. The van der Waals surface area contributed by atoms with Crippen molar-refractivity contribution >= 4 is 44.4 Å². The molecule has 7 aromatic carbocycles. The summed E-state index contributed by atoms with van der Waals surface area (Å²) in [4.78, 5) is 2.40. The molecule has 2 aliphatic rings. The van der Waals surface area contributed by atoms with Crippen LogP contribution in [0.3, 0.4) is 0 Å². The Morgan fingerprint density at radius 1 is 0.537 bits per heavy atom. The predicted octanol–water partition coefficient (Wildman–Crippen LogP) is 14.2.